The molecule has 0 saturated heterocycles. The average Bonchev–Trinajstić information content (AvgIpc) is 2.45. The molecule has 0 aliphatic heterocycles. The summed E-state index contributed by atoms with van der Waals surface area (Å²) in [5, 5.41) is 9.31. The number of sulfone groups is 1. The van der Waals surface area contributed by atoms with Gasteiger partial charge < -0.3 is 5.11 Å². The highest BCUT2D eigenvalue weighted by molar-refractivity contribution is 7.90. The molecule has 0 unspecified atom stereocenters. The molecule has 1 heterocycles. The van der Waals surface area contributed by atoms with E-state index >= 15 is 0 Å². The molecule has 2 rings (SSSR count). The van der Waals surface area contributed by atoms with Crippen LogP contribution in [-0.4, -0.2) is 30.7 Å². The number of benzene rings is 1. The number of rotatable bonds is 4. The summed E-state index contributed by atoms with van der Waals surface area (Å²) in [5.41, 5.74) is 1.16. The Morgan fingerprint density at radius 1 is 1.19 bits per heavy atom. The number of carbonyl (C=O) groups is 1. The van der Waals surface area contributed by atoms with Gasteiger partial charge in [0.05, 0.1) is 10.5 Å². The molecule has 5 nitrogen and oxygen atoms in total. The van der Waals surface area contributed by atoms with Gasteiger partial charge in [0.1, 0.15) is 0 Å². The molecule has 0 spiro atoms. The summed E-state index contributed by atoms with van der Waals surface area (Å²) in [5.74, 6) is -1.09. The maximum absolute atomic E-state index is 11.4. The molecule has 1 N–H and O–H groups in total. The second kappa shape index (κ2) is 5.88. The van der Waals surface area contributed by atoms with Crippen LogP contribution >= 0.6 is 0 Å². The van der Waals surface area contributed by atoms with Crippen LogP contribution in [0.25, 0.3) is 11.6 Å². The Balaban J connectivity index is 2.45. The Bertz CT molecular complexity index is 778. The van der Waals surface area contributed by atoms with E-state index in [2.05, 4.69) is 4.98 Å². The van der Waals surface area contributed by atoms with Gasteiger partial charge in [0.2, 0.25) is 0 Å². The topological polar surface area (TPSA) is 84.3 Å². The molecule has 21 heavy (non-hydrogen) atoms. The largest absolute Gasteiger partial charge is 0.478 e. The van der Waals surface area contributed by atoms with Crippen molar-refractivity contribution < 1.29 is 18.3 Å². The number of pyridine rings is 1. The minimum Gasteiger partial charge on any atom is -0.478 e. The fourth-order valence-electron chi connectivity index (χ4n) is 1.78. The lowest BCUT2D eigenvalue weighted by molar-refractivity contribution is -0.130. The monoisotopic (exact) mass is 303 g/mol. The summed E-state index contributed by atoms with van der Waals surface area (Å²) in [7, 11) is -3.30. The highest BCUT2D eigenvalue weighted by Crippen LogP contribution is 2.20. The van der Waals surface area contributed by atoms with E-state index in [9.17, 15) is 18.3 Å². The number of nitrogens with zero attached hydrogens (tertiary/aromatic N) is 1. The van der Waals surface area contributed by atoms with Crippen molar-refractivity contribution in [3.05, 3.63) is 59.9 Å². The second-order valence-electron chi connectivity index (χ2n) is 4.45. The van der Waals surface area contributed by atoms with Crippen molar-refractivity contribution in [2.75, 3.05) is 6.26 Å². The lowest BCUT2D eigenvalue weighted by Gasteiger charge is -2.04. The summed E-state index contributed by atoms with van der Waals surface area (Å²) in [4.78, 5) is 15.4. The van der Waals surface area contributed by atoms with Crippen molar-refractivity contribution >= 4 is 27.5 Å². The van der Waals surface area contributed by atoms with Gasteiger partial charge in [0, 0.05) is 18.6 Å². The van der Waals surface area contributed by atoms with Crippen LogP contribution in [-0.2, 0) is 14.6 Å². The first-order chi connectivity index (χ1) is 9.88. The normalized spacial score (nSPS) is 12.1. The molecular weight excluding hydrogens is 290 g/mol. The van der Waals surface area contributed by atoms with Crippen molar-refractivity contribution in [1.29, 1.82) is 0 Å². The minimum atomic E-state index is -3.30. The van der Waals surface area contributed by atoms with Gasteiger partial charge >= 0.3 is 5.97 Å². The molecule has 0 radical (unpaired) electrons. The molecule has 0 aliphatic rings. The molecule has 0 fully saturated rings. The van der Waals surface area contributed by atoms with Gasteiger partial charge in [-0.05, 0) is 35.4 Å². The van der Waals surface area contributed by atoms with E-state index in [4.69, 9.17) is 0 Å². The average molecular weight is 303 g/mol. The third-order valence-electron chi connectivity index (χ3n) is 2.82. The summed E-state index contributed by atoms with van der Waals surface area (Å²) >= 11 is 0. The second-order valence-corrected chi connectivity index (χ2v) is 6.46. The van der Waals surface area contributed by atoms with E-state index < -0.39 is 15.8 Å². The van der Waals surface area contributed by atoms with Crippen LogP contribution in [0.2, 0.25) is 0 Å². The number of hydrogen-bond donors (Lipinski definition) is 1. The number of aliphatic carboxylic acids is 1. The molecular formula is C15H13NO4S. The van der Waals surface area contributed by atoms with Crippen LogP contribution in [0.5, 0.6) is 0 Å². The van der Waals surface area contributed by atoms with Gasteiger partial charge in [-0.2, -0.15) is 0 Å². The Hall–Kier alpha value is -2.47. The van der Waals surface area contributed by atoms with Crippen molar-refractivity contribution in [2.45, 2.75) is 4.90 Å². The Kier molecular flexibility index (Phi) is 4.18. The number of hydrogen-bond acceptors (Lipinski definition) is 4. The predicted molar refractivity (Wildman–Crippen MR) is 79.3 cm³/mol. The highest BCUT2D eigenvalue weighted by atomic mass is 32.2. The van der Waals surface area contributed by atoms with Gasteiger partial charge in [0.25, 0.3) is 0 Å². The van der Waals surface area contributed by atoms with E-state index in [0.29, 0.717) is 11.1 Å². The number of carboxylic acid groups (broad SMARTS) is 1. The Morgan fingerprint density at radius 2 is 1.86 bits per heavy atom. The van der Waals surface area contributed by atoms with Crippen LogP contribution in [0.1, 0.15) is 11.1 Å². The molecule has 0 amide bonds. The van der Waals surface area contributed by atoms with Crippen LogP contribution in [0.3, 0.4) is 0 Å². The minimum absolute atomic E-state index is 0.0723. The first-order valence-electron chi connectivity index (χ1n) is 6.03. The first-order valence-corrected chi connectivity index (χ1v) is 7.92. The SMILES string of the molecule is CS(=O)(=O)c1ccc(/C(=C\c2cccnc2)C(=O)O)cc1. The molecule has 0 bridgehead atoms. The quantitative estimate of drug-likeness (QED) is 0.874. The van der Waals surface area contributed by atoms with Crippen LogP contribution in [0.4, 0.5) is 0 Å². The van der Waals surface area contributed by atoms with Crippen LogP contribution in [0, 0.1) is 0 Å². The molecule has 1 aromatic carbocycles. The predicted octanol–water partition coefficient (Wildman–Crippen LogP) is 2.11. The van der Waals surface area contributed by atoms with Gasteiger partial charge in [-0.3, -0.25) is 4.98 Å². The fourth-order valence-corrected chi connectivity index (χ4v) is 2.41. The lowest BCUT2D eigenvalue weighted by Crippen LogP contribution is -2.01. The summed E-state index contributed by atoms with van der Waals surface area (Å²) in [6.45, 7) is 0. The van der Waals surface area contributed by atoms with Crippen molar-refractivity contribution in [3.8, 4) is 0 Å². The molecule has 6 heteroatoms. The van der Waals surface area contributed by atoms with E-state index in [1.807, 2.05) is 0 Å². The molecule has 0 atom stereocenters. The van der Waals surface area contributed by atoms with E-state index in [-0.39, 0.29) is 10.5 Å². The van der Waals surface area contributed by atoms with E-state index in [1.54, 1.807) is 24.5 Å². The standard InChI is InChI=1S/C15H13NO4S/c1-21(19,20)13-6-4-12(5-7-13)14(15(17)18)9-11-3-2-8-16-10-11/h2-10H,1H3,(H,17,18)/b14-9+. The smallest absolute Gasteiger partial charge is 0.336 e. The fraction of sp³-hybridized carbons (Fsp3) is 0.0667. The summed E-state index contributed by atoms with van der Waals surface area (Å²) in [6.07, 6.45) is 5.74. The third-order valence-corrected chi connectivity index (χ3v) is 3.95. The molecule has 108 valence electrons. The highest BCUT2D eigenvalue weighted by Gasteiger charge is 2.12. The summed E-state index contributed by atoms with van der Waals surface area (Å²) < 4.78 is 22.8. The van der Waals surface area contributed by atoms with Gasteiger partial charge in [-0.1, -0.05) is 18.2 Å². The maximum Gasteiger partial charge on any atom is 0.336 e. The van der Waals surface area contributed by atoms with Gasteiger partial charge in [0.15, 0.2) is 9.84 Å². The maximum atomic E-state index is 11.4. The van der Waals surface area contributed by atoms with Crippen molar-refractivity contribution in [2.24, 2.45) is 0 Å². The molecule has 1 aromatic heterocycles. The number of carboxylic acids is 1. The molecule has 0 saturated carbocycles. The zero-order chi connectivity index (χ0) is 15.5. The van der Waals surface area contributed by atoms with Crippen molar-refractivity contribution in [1.82, 2.24) is 4.98 Å². The van der Waals surface area contributed by atoms with Crippen LogP contribution in [0.15, 0.2) is 53.7 Å². The van der Waals surface area contributed by atoms with Gasteiger partial charge in [-0.25, -0.2) is 13.2 Å². The Morgan fingerprint density at radius 3 is 2.33 bits per heavy atom. The first kappa shape index (κ1) is 14.9. The van der Waals surface area contributed by atoms with E-state index in [1.165, 1.54) is 30.3 Å². The van der Waals surface area contributed by atoms with Gasteiger partial charge in [-0.15, -0.1) is 0 Å². The zero-order valence-corrected chi connectivity index (χ0v) is 12.0. The van der Waals surface area contributed by atoms with Crippen molar-refractivity contribution in [3.63, 3.8) is 0 Å². The van der Waals surface area contributed by atoms with Crippen LogP contribution < -0.4 is 0 Å². The lowest BCUT2D eigenvalue weighted by atomic mass is 10.0. The van der Waals surface area contributed by atoms with E-state index in [0.717, 1.165) is 6.26 Å². The number of aromatic nitrogens is 1. The molecule has 2 aromatic rings. The zero-order valence-electron chi connectivity index (χ0n) is 11.2. The summed E-state index contributed by atoms with van der Waals surface area (Å²) in [6, 6.07) is 9.19. The third kappa shape index (κ3) is 3.76. The molecule has 0 aliphatic carbocycles. The Labute approximate surface area is 122 Å².